The Hall–Kier alpha value is -2.22. The zero-order valence-corrected chi connectivity index (χ0v) is 9.80. The molecule has 0 unspecified atom stereocenters. The van der Waals surface area contributed by atoms with Crippen LogP contribution < -0.4 is 0 Å². The molecule has 1 aromatic carbocycles. The molecule has 2 heteroatoms. The van der Waals surface area contributed by atoms with Crippen molar-refractivity contribution < 1.29 is 0 Å². The summed E-state index contributed by atoms with van der Waals surface area (Å²) in [4.78, 5) is 8.50. The molecule has 2 aromatic rings. The van der Waals surface area contributed by atoms with E-state index in [0.717, 1.165) is 22.5 Å². The molecule has 0 saturated heterocycles. The van der Waals surface area contributed by atoms with E-state index >= 15 is 0 Å². The van der Waals surface area contributed by atoms with Gasteiger partial charge in [-0.05, 0) is 30.2 Å². The number of rotatable bonds is 3. The van der Waals surface area contributed by atoms with Gasteiger partial charge < -0.3 is 0 Å². The smallest absolute Gasteiger partial charge is 0.0633 e. The maximum atomic E-state index is 4.51. The van der Waals surface area contributed by atoms with Crippen LogP contribution in [-0.2, 0) is 0 Å². The molecule has 0 aliphatic carbocycles. The summed E-state index contributed by atoms with van der Waals surface area (Å²) in [6, 6.07) is 13.8. The first-order chi connectivity index (χ1) is 8.27. The van der Waals surface area contributed by atoms with Crippen LogP contribution in [0.3, 0.4) is 0 Å². The van der Waals surface area contributed by atoms with Crippen molar-refractivity contribution in [1.29, 1.82) is 0 Å². The van der Waals surface area contributed by atoms with Gasteiger partial charge in [0.05, 0.1) is 5.70 Å². The Balaban J connectivity index is 2.24. The monoisotopic (exact) mass is 222 g/mol. The number of aliphatic imine (C=N–C) groups is 1. The maximum Gasteiger partial charge on any atom is 0.0633 e. The number of pyridine rings is 1. The van der Waals surface area contributed by atoms with Crippen LogP contribution in [0.1, 0.15) is 18.1 Å². The van der Waals surface area contributed by atoms with Gasteiger partial charge >= 0.3 is 0 Å². The molecule has 0 spiro atoms. The van der Waals surface area contributed by atoms with E-state index in [1.54, 1.807) is 12.4 Å². The van der Waals surface area contributed by atoms with Crippen LogP contribution in [0.5, 0.6) is 0 Å². The molecule has 1 heterocycles. The second-order valence-electron chi connectivity index (χ2n) is 3.75. The number of benzene rings is 1. The summed E-state index contributed by atoms with van der Waals surface area (Å²) in [5.41, 5.74) is 3.83. The van der Waals surface area contributed by atoms with E-state index in [1.165, 1.54) is 0 Å². The molecule has 0 fully saturated rings. The zero-order chi connectivity index (χ0) is 12.1. The van der Waals surface area contributed by atoms with Crippen molar-refractivity contribution in [3.05, 3.63) is 72.6 Å². The molecule has 1 aromatic heterocycles. The molecule has 0 radical (unpaired) electrons. The summed E-state index contributed by atoms with van der Waals surface area (Å²) in [7, 11) is 0. The first-order valence-corrected chi connectivity index (χ1v) is 5.47. The summed E-state index contributed by atoms with van der Waals surface area (Å²) < 4.78 is 0. The fourth-order valence-corrected chi connectivity index (χ4v) is 1.56. The predicted octanol–water partition coefficient (Wildman–Crippen LogP) is 3.56. The Bertz CT molecular complexity index is 527. The molecule has 0 aliphatic heterocycles. The van der Waals surface area contributed by atoms with Gasteiger partial charge in [-0.3, -0.25) is 9.98 Å². The Kier molecular flexibility index (Phi) is 3.46. The number of hydrogen-bond acceptors (Lipinski definition) is 2. The van der Waals surface area contributed by atoms with E-state index < -0.39 is 0 Å². The van der Waals surface area contributed by atoms with Crippen molar-refractivity contribution >= 4 is 11.4 Å². The number of hydrogen-bond donors (Lipinski definition) is 0. The molecule has 17 heavy (non-hydrogen) atoms. The second kappa shape index (κ2) is 5.21. The van der Waals surface area contributed by atoms with Crippen molar-refractivity contribution in [2.45, 2.75) is 6.92 Å². The number of aromatic nitrogens is 1. The third kappa shape index (κ3) is 2.88. The highest BCUT2D eigenvalue weighted by molar-refractivity contribution is 6.01. The minimum absolute atomic E-state index is 0.778. The summed E-state index contributed by atoms with van der Waals surface area (Å²) in [6.45, 7) is 5.96. The summed E-state index contributed by atoms with van der Waals surface area (Å²) in [5, 5.41) is 0. The average Bonchev–Trinajstić information content (AvgIpc) is 2.40. The van der Waals surface area contributed by atoms with Crippen LogP contribution in [0.25, 0.3) is 5.70 Å². The van der Waals surface area contributed by atoms with E-state index in [0.29, 0.717) is 0 Å². The van der Waals surface area contributed by atoms with Crippen molar-refractivity contribution in [3.8, 4) is 0 Å². The minimum Gasteiger partial charge on any atom is -0.265 e. The van der Waals surface area contributed by atoms with Crippen LogP contribution in [0.4, 0.5) is 0 Å². The fraction of sp³-hybridized carbons (Fsp3) is 0.0667. The van der Waals surface area contributed by atoms with E-state index in [-0.39, 0.29) is 0 Å². The van der Waals surface area contributed by atoms with Gasteiger partial charge in [0.25, 0.3) is 0 Å². The Morgan fingerprint density at radius 2 is 1.65 bits per heavy atom. The van der Waals surface area contributed by atoms with E-state index in [4.69, 9.17) is 0 Å². The van der Waals surface area contributed by atoms with Gasteiger partial charge in [0.2, 0.25) is 0 Å². The normalized spacial score (nSPS) is 11.2. The van der Waals surface area contributed by atoms with Gasteiger partial charge in [-0.2, -0.15) is 0 Å². The van der Waals surface area contributed by atoms with Crippen LogP contribution >= 0.6 is 0 Å². The first-order valence-electron chi connectivity index (χ1n) is 5.47. The quantitative estimate of drug-likeness (QED) is 0.729. The van der Waals surface area contributed by atoms with E-state index in [2.05, 4.69) is 16.6 Å². The molecule has 0 saturated carbocycles. The molecule has 2 nitrogen and oxygen atoms in total. The van der Waals surface area contributed by atoms with Gasteiger partial charge in [-0.1, -0.05) is 36.9 Å². The van der Waals surface area contributed by atoms with Crippen molar-refractivity contribution in [1.82, 2.24) is 4.98 Å². The van der Waals surface area contributed by atoms with Crippen LogP contribution in [-0.4, -0.2) is 10.7 Å². The second-order valence-corrected chi connectivity index (χ2v) is 3.75. The lowest BCUT2D eigenvalue weighted by molar-refractivity contribution is 1.32. The van der Waals surface area contributed by atoms with E-state index in [9.17, 15) is 0 Å². The average molecular weight is 222 g/mol. The van der Waals surface area contributed by atoms with Crippen LogP contribution in [0.15, 0.2) is 66.4 Å². The Morgan fingerprint density at radius 1 is 1.00 bits per heavy atom. The Morgan fingerprint density at radius 3 is 2.29 bits per heavy atom. The molecular weight excluding hydrogens is 208 g/mol. The third-order valence-electron chi connectivity index (χ3n) is 2.51. The van der Waals surface area contributed by atoms with E-state index in [1.807, 2.05) is 49.4 Å². The lowest BCUT2D eigenvalue weighted by Crippen LogP contribution is -1.95. The van der Waals surface area contributed by atoms with Gasteiger partial charge in [-0.15, -0.1) is 0 Å². The Labute approximate surface area is 101 Å². The molecule has 0 aliphatic rings. The molecule has 2 rings (SSSR count). The molecule has 0 bridgehead atoms. The standard InChI is InChI=1S/C15H14N2/c1-12(14-6-4-3-5-7-14)17-13(2)15-8-10-16-11-9-15/h3-11H,1H2,2H3/b17-13+. The van der Waals surface area contributed by atoms with Crippen LogP contribution in [0.2, 0.25) is 0 Å². The topological polar surface area (TPSA) is 25.2 Å². The van der Waals surface area contributed by atoms with Crippen molar-refractivity contribution in [2.75, 3.05) is 0 Å². The molecule has 0 N–H and O–H groups in total. The van der Waals surface area contributed by atoms with Crippen molar-refractivity contribution in [2.24, 2.45) is 4.99 Å². The molecule has 0 amide bonds. The largest absolute Gasteiger partial charge is 0.265 e. The highest BCUT2D eigenvalue weighted by atomic mass is 14.8. The van der Waals surface area contributed by atoms with Crippen LogP contribution in [0, 0.1) is 0 Å². The summed E-state index contributed by atoms with van der Waals surface area (Å²) in [5.74, 6) is 0. The minimum atomic E-state index is 0.778. The van der Waals surface area contributed by atoms with Crippen molar-refractivity contribution in [3.63, 3.8) is 0 Å². The molecule has 84 valence electrons. The summed E-state index contributed by atoms with van der Waals surface area (Å²) >= 11 is 0. The highest BCUT2D eigenvalue weighted by Gasteiger charge is 1.99. The first kappa shape index (κ1) is 11.3. The van der Waals surface area contributed by atoms with Gasteiger partial charge in [0.15, 0.2) is 0 Å². The summed E-state index contributed by atoms with van der Waals surface area (Å²) in [6.07, 6.45) is 3.53. The third-order valence-corrected chi connectivity index (χ3v) is 2.51. The van der Waals surface area contributed by atoms with Gasteiger partial charge in [0, 0.05) is 18.1 Å². The maximum absolute atomic E-state index is 4.51. The lowest BCUT2D eigenvalue weighted by atomic mass is 10.1. The zero-order valence-electron chi connectivity index (χ0n) is 9.80. The fourth-order valence-electron chi connectivity index (χ4n) is 1.56. The van der Waals surface area contributed by atoms with Gasteiger partial charge in [-0.25, -0.2) is 0 Å². The number of nitrogens with zero attached hydrogens (tertiary/aromatic N) is 2. The van der Waals surface area contributed by atoms with Gasteiger partial charge in [0.1, 0.15) is 0 Å². The lowest BCUT2D eigenvalue weighted by Gasteiger charge is -2.03. The molecular formula is C15H14N2. The predicted molar refractivity (Wildman–Crippen MR) is 71.9 cm³/mol. The SMILES string of the molecule is C=C(/N=C(\C)c1ccncc1)c1ccccc1. The molecule has 0 atom stereocenters. The highest BCUT2D eigenvalue weighted by Crippen LogP contribution is 2.14.